The molecule has 1 N–H and O–H groups in total. The van der Waals surface area contributed by atoms with Crippen LogP contribution in [0.4, 0.5) is 4.39 Å². The molecule has 9 heteroatoms. The molecule has 0 radical (unpaired) electrons. The van der Waals surface area contributed by atoms with Crippen LogP contribution in [0.25, 0.3) is 17.1 Å². The molecule has 0 unspecified atom stereocenters. The fourth-order valence-electron chi connectivity index (χ4n) is 2.48. The van der Waals surface area contributed by atoms with Gasteiger partial charge in [-0.15, -0.1) is 0 Å². The lowest BCUT2D eigenvalue weighted by molar-refractivity contribution is 0.448. The fraction of sp³-hybridized carbons (Fsp3) is 0.0556. The van der Waals surface area contributed by atoms with Crippen LogP contribution in [0.1, 0.15) is 5.56 Å². The molecule has 0 bridgehead atoms. The molecule has 27 heavy (non-hydrogen) atoms. The molecule has 0 aliphatic heterocycles. The predicted molar refractivity (Wildman–Crippen MR) is 94.7 cm³/mol. The van der Waals surface area contributed by atoms with Gasteiger partial charge in [0.05, 0.1) is 10.6 Å². The number of halogens is 1. The fourth-order valence-corrected chi connectivity index (χ4v) is 3.11. The lowest BCUT2D eigenvalue weighted by Gasteiger charge is -2.14. The molecule has 3 rings (SSSR count). The van der Waals surface area contributed by atoms with Gasteiger partial charge in [0.1, 0.15) is 11.9 Å². The number of sulfone groups is 1. The van der Waals surface area contributed by atoms with Crippen LogP contribution in [-0.2, 0) is 9.84 Å². The molecule has 2 aromatic carbocycles. The highest BCUT2D eigenvalue weighted by Gasteiger charge is 2.19. The second-order valence-corrected chi connectivity index (χ2v) is 7.68. The summed E-state index contributed by atoms with van der Waals surface area (Å²) in [6.07, 6.45) is 1.05. The first-order valence-corrected chi connectivity index (χ1v) is 9.44. The zero-order chi connectivity index (χ0) is 19.8. The molecule has 0 spiro atoms. The molecule has 0 fully saturated rings. The Morgan fingerprint density at radius 1 is 1.11 bits per heavy atom. The van der Waals surface area contributed by atoms with Gasteiger partial charge in [-0.3, -0.25) is 9.36 Å². The molecule has 3 aromatic rings. The summed E-state index contributed by atoms with van der Waals surface area (Å²) in [5.41, 5.74) is -0.847. The monoisotopic (exact) mass is 385 g/mol. The molecule has 0 saturated heterocycles. The zero-order valence-corrected chi connectivity index (χ0v) is 14.7. The van der Waals surface area contributed by atoms with E-state index in [2.05, 4.69) is 4.98 Å². The summed E-state index contributed by atoms with van der Waals surface area (Å²) in [5, 5.41) is 19.0. The molecule has 0 aliphatic rings. The first-order chi connectivity index (χ1) is 12.7. The van der Waals surface area contributed by atoms with Gasteiger partial charge < -0.3 is 5.11 Å². The van der Waals surface area contributed by atoms with Gasteiger partial charge in [0.15, 0.2) is 21.2 Å². The Hall–Kier alpha value is -3.51. The Kier molecular flexibility index (Phi) is 4.51. The third-order valence-electron chi connectivity index (χ3n) is 3.80. The van der Waals surface area contributed by atoms with Crippen LogP contribution in [0.5, 0.6) is 5.88 Å². The van der Waals surface area contributed by atoms with Crippen molar-refractivity contribution in [2.75, 3.05) is 6.26 Å². The molecule has 0 atom stereocenters. The second-order valence-electron chi connectivity index (χ2n) is 5.66. The smallest absolute Gasteiger partial charge is 0.280 e. The van der Waals surface area contributed by atoms with Crippen LogP contribution in [0.3, 0.4) is 0 Å². The number of nitrogens with zero attached hydrogens (tertiary/aromatic N) is 3. The van der Waals surface area contributed by atoms with Crippen LogP contribution < -0.4 is 5.56 Å². The maximum atomic E-state index is 13.2. The Labute approximate surface area is 153 Å². The third kappa shape index (κ3) is 3.43. The van der Waals surface area contributed by atoms with Gasteiger partial charge in [0.25, 0.3) is 5.56 Å². The van der Waals surface area contributed by atoms with E-state index in [-0.39, 0.29) is 16.4 Å². The quantitative estimate of drug-likeness (QED) is 0.738. The van der Waals surface area contributed by atoms with Gasteiger partial charge in [-0.2, -0.15) is 10.2 Å². The minimum Gasteiger partial charge on any atom is -0.492 e. The molecular formula is C18H12FN3O4S. The lowest BCUT2D eigenvalue weighted by atomic mass is 10.2. The molecule has 7 nitrogen and oxygen atoms in total. The van der Waals surface area contributed by atoms with E-state index < -0.39 is 32.7 Å². The van der Waals surface area contributed by atoms with E-state index in [1.165, 1.54) is 36.4 Å². The van der Waals surface area contributed by atoms with Crippen LogP contribution >= 0.6 is 0 Å². The number of benzene rings is 2. The Bertz CT molecular complexity index is 1230. The van der Waals surface area contributed by atoms with Crippen molar-refractivity contribution in [1.82, 2.24) is 9.55 Å². The first kappa shape index (κ1) is 18.3. The highest BCUT2D eigenvalue weighted by Crippen LogP contribution is 2.24. The average molecular weight is 385 g/mol. The van der Waals surface area contributed by atoms with Crippen LogP contribution in [0.2, 0.25) is 0 Å². The van der Waals surface area contributed by atoms with Crippen molar-refractivity contribution in [1.29, 1.82) is 5.26 Å². The van der Waals surface area contributed by atoms with E-state index in [9.17, 15) is 22.7 Å². The van der Waals surface area contributed by atoms with Crippen LogP contribution in [-0.4, -0.2) is 29.3 Å². The van der Waals surface area contributed by atoms with Crippen LogP contribution in [0.15, 0.2) is 58.2 Å². The van der Waals surface area contributed by atoms with Crippen molar-refractivity contribution in [3.63, 3.8) is 0 Å². The van der Waals surface area contributed by atoms with Gasteiger partial charge in [-0.1, -0.05) is 0 Å². The van der Waals surface area contributed by atoms with Crippen molar-refractivity contribution in [2.24, 2.45) is 0 Å². The topological polar surface area (TPSA) is 113 Å². The van der Waals surface area contributed by atoms with Gasteiger partial charge >= 0.3 is 0 Å². The zero-order valence-electron chi connectivity index (χ0n) is 13.9. The summed E-state index contributed by atoms with van der Waals surface area (Å²) in [5.74, 6) is -1.27. The predicted octanol–water partition coefficient (Wildman–Crippen LogP) is 2.02. The molecule has 1 aromatic heterocycles. The van der Waals surface area contributed by atoms with E-state index in [0.717, 1.165) is 23.0 Å². The standard InChI is InChI=1S/C18H12FN3O4S/c1-27(25,26)14-8-6-13(7-9-14)22-16(11-2-4-12(19)5-3-11)21-17(23)15(10-20)18(22)24/h2-9,23H,1H3. The summed E-state index contributed by atoms with van der Waals surface area (Å²) in [4.78, 5) is 16.7. The first-order valence-electron chi connectivity index (χ1n) is 7.55. The molecule has 136 valence electrons. The van der Waals surface area contributed by atoms with E-state index in [0.29, 0.717) is 5.56 Å². The number of hydrogen-bond acceptors (Lipinski definition) is 6. The highest BCUT2D eigenvalue weighted by atomic mass is 32.2. The summed E-state index contributed by atoms with van der Waals surface area (Å²) in [6, 6.07) is 12.0. The Morgan fingerprint density at radius 2 is 1.70 bits per heavy atom. The minimum atomic E-state index is -3.44. The Balaban J connectivity index is 2.32. The van der Waals surface area contributed by atoms with E-state index in [4.69, 9.17) is 5.26 Å². The van der Waals surface area contributed by atoms with Gasteiger partial charge in [-0.25, -0.2) is 12.8 Å². The number of hydrogen-bond donors (Lipinski definition) is 1. The maximum Gasteiger partial charge on any atom is 0.280 e. The molecule has 1 heterocycles. The summed E-state index contributed by atoms with van der Waals surface area (Å²) < 4.78 is 37.5. The molecular weight excluding hydrogens is 373 g/mol. The van der Waals surface area contributed by atoms with E-state index in [1.807, 2.05) is 0 Å². The summed E-state index contributed by atoms with van der Waals surface area (Å²) in [7, 11) is -3.44. The molecule has 0 aliphatic carbocycles. The normalized spacial score (nSPS) is 11.1. The average Bonchev–Trinajstić information content (AvgIpc) is 2.62. The van der Waals surface area contributed by atoms with Gasteiger partial charge in [0, 0.05) is 11.8 Å². The van der Waals surface area contributed by atoms with E-state index in [1.54, 1.807) is 6.07 Å². The summed E-state index contributed by atoms with van der Waals surface area (Å²) in [6.45, 7) is 0. The third-order valence-corrected chi connectivity index (χ3v) is 4.93. The van der Waals surface area contributed by atoms with Crippen molar-refractivity contribution in [2.45, 2.75) is 4.90 Å². The van der Waals surface area contributed by atoms with E-state index >= 15 is 0 Å². The number of nitriles is 1. The minimum absolute atomic E-state index is 0.0244. The number of aromatic nitrogens is 2. The lowest BCUT2D eigenvalue weighted by Crippen LogP contribution is -2.24. The number of aromatic hydroxyl groups is 1. The van der Waals surface area contributed by atoms with Crippen molar-refractivity contribution >= 4 is 9.84 Å². The highest BCUT2D eigenvalue weighted by molar-refractivity contribution is 7.90. The second kappa shape index (κ2) is 6.66. The largest absolute Gasteiger partial charge is 0.492 e. The van der Waals surface area contributed by atoms with Crippen LogP contribution in [0, 0.1) is 17.1 Å². The van der Waals surface area contributed by atoms with Crippen molar-refractivity contribution < 1.29 is 17.9 Å². The maximum absolute atomic E-state index is 13.2. The SMILES string of the molecule is CS(=O)(=O)c1ccc(-n2c(-c3ccc(F)cc3)nc(O)c(C#N)c2=O)cc1. The molecule has 0 amide bonds. The van der Waals surface area contributed by atoms with Gasteiger partial charge in [-0.05, 0) is 48.5 Å². The van der Waals surface area contributed by atoms with Crippen molar-refractivity contribution in [3.05, 3.63) is 70.3 Å². The summed E-state index contributed by atoms with van der Waals surface area (Å²) >= 11 is 0. The Morgan fingerprint density at radius 3 is 2.22 bits per heavy atom. The van der Waals surface area contributed by atoms with Gasteiger partial charge in [0.2, 0.25) is 5.88 Å². The molecule has 0 saturated carbocycles. The van der Waals surface area contributed by atoms with Crippen molar-refractivity contribution in [3.8, 4) is 29.0 Å². The number of rotatable bonds is 3.